The van der Waals surface area contributed by atoms with Gasteiger partial charge in [-0.25, -0.2) is 0 Å². The van der Waals surface area contributed by atoms with E-state index in [9.17, 15) is 0 Å². The molecule has 1 nitrogen and oxygen atoms in total. The van der Waals surface area contributed by atoms with Crippen LogP contribution in [0.1, 0.15) is 90.9 Å². The van der Waals surface area contributed by atoms with E-state index in [0.29, 0.717) is 0 Å². The fraction of sp³-hybridized carbons (Fsp3) is 1.00. The zero-order valence-electron chi connectivity index (χ0n) is 14.1. The first-order valence-electron chi connectivity index (χ1n) is 9.57. The van der Waals surface area contributed by atoms with Gasteiger partial charge in [0.1, 0.15) is 0 Å². The van der Waals surface area contributed by atoms with E-state index in [1.165, 1.54) is 90.1 Å². The second-order valence-corrected chi connectivity index (χ2v) is 7.44. The molecule has 0 aromatic rings. The standard InChI is InChI=1S/C19H37N/c1-3-5-6-8-18-13-15-20(16-14-18)19-11-9-17(7-4-2)10-12-19/h17-19H,3-16H2,1-2H3. The van der Waals surface area contributed by atoms with Crippen LogP contribution in [0.15, 0.2) is 0 Å². The summed E-state index contributed by atoms with van der Waals surface area (Å²) in [7, 11) is 0. The van der Waals surface area contributed by atoms with Crippen LogP contribution in [0.2, 0.25) is 0 Å². The maximum Gasteiger partial charge on any atom is 0.00954 e. The SMILES string of the molecule is CCCCCC1CCN(C2CCC(CCC)CC2)CC1. The Hall–Kier alpha value is -0.0400. The first kappa shape index (κ1) is 16.3. The average Bonchev–Trinajstić information content (AvgIpc) is 2.49. The number of nitrogens with zero attached hydrogens (tertiary/aromatic N) is 1. The van der Waals surface area contributed by atoms with Crippen molar-refractivity contribution in [3.63, 3.8) is 0 Å². The van der Waals surface area contributed by atoms with E-state index in [1.54, 1.807) is 0 Å². The summed E-state index contributed by atoms with van der Waals surface area (Å²) in [5, 5.41) is 0. The van der Waals surface area contributed by atoms with Gasteiger partial charge in [0.15, 0.2) is 0 Å². The topological polar surface area (TPSA) is 3.24 Å². The van der Waals surface area contributed by atoms with Crippen LogP contribution in [-0.4, -0.2) is 24.0 Å². The molecular formula is C19H37N. The summed E-state index contributed by atoms with van der Waals surface area (Å²) in [5.74, 6) is 2.11. The van der Waals surface area contributed by atoms with Gasteiger partial charge in [-0.3, -0.25) is 0 Å². The van der Waals surface area contributed by atoms with Gasteiger partial charge in [0.05, 0.1) is 0 Å². The van der Waals surface area contributed by atoms with Gasteiger partial charge in [-0.2, -0.15) is 0 Å². The first-order chi connectivity index (χ1) is 9.83. The monoisotopic (exact) mass is 279 g/mol. The zero-order valence-corrected chi connectivity index (χ0v) is 14.1. The molecule has 1 aliphatic heterocycles. The Kier molecular flexibility index (Phi) is 7.41. The minimum Gasteiger partial charge on any atom is -0.300 e. The molecule has 2 aliphatic rings. The molecule has 0 radical (unpaired) electrons. The van der Waals surface area contributed by atoms with Crippen LogP contribution in [-0.2, 0) is 0 Å². The van der Waals surface area contributed by atoms with Crippen LogP contribution < -0.4 is 0 Å². The zero-order chi connectivity index (χ0) is 14.2. The van der Waals surface area contributed by atoms with Crippen molar-refractivity contribution < 1.29 is 0 Å². The Morgan fingerprint density at radius 3 is 1.95 bits per heavy atom. The Balaban J connectivity index is 1.62. The second kappa shape index (κ2) is 9.07. The maximum absolute atomic E-state index is 2.85. The fourth-order valence-electron chi connectivity index (χ4n) is 4.50. The van der Waals surface area contributed by atoms with Crippen molar-refractivity contribution in [3.8, 4) is 0 Å². The molecule has 2 rings (SSSR count). The van der Waals surface area contributed by atoms with E-state index in [0.717, 1.165) is 17.9 Å². The molecule has 0 aromatic carbocycles. The van der Waals surface area contributed by atoms with E-state index in [-0.39, 0.29) is 0 Å². The summed E-state index contributed by atoms with van der Waals surface area (Å²) in [6.07, 6.45) is 17.6. The van der Waals surface area contributed by atoms with Crippen LogP contribution >= 0.6 is 0 Å². The lowest BCUT2D eigenvalue weighted by Crippen LogP contribution is -2.43. The number of likely N-dealkylation sites (tertiary alicyclic amines) is 1. The molecule has 1 heterocycles. The van der Waals surface area contributed by atoms with Crippen molar-refractivity contribution in [1.29, 1.82) is 0 Å². The number of hydrogen-bond acceptors (Lipinski definition) is 1. The molecule has 0 spiro atoms. The third-order valence-corrected chi connectivity index (χ3v) is 5.89. The summed E-state index contributed by atoms with van der Waals surface area (Å²) in [6, 6.07) is 0.944. The predicted molar refractivity (Wildman–Crippen MR) is 89.1 cm³/mol. The van der Waals surface area contributed by atoms with Crippen molar-refractivity contribution >= 4 is 0 Å². The van der Waals surface area contributed by atoms with Crippen LogP contribution in [0, 0.1) is 11.8 Å². The molecule has 0 N–H and O–H groups in total. The summed E-state index contributed by atoms with van der Waals surface area (Å²) in [6.45, 7) is 7.46. The molecule has 1 aliphatic carbocycles. The van der Waals surface area contributed by atoms with Crippen LogP contribution in [0.4, 0.5) is 0 Å². The van der Waals surface area contributed by atoms with E-state index in [2.05, 4.69) is 18.7 Å². The first-order valence-corrected chi connectivity index (χ1v) is 9.57. The highest BCUT2D eigenvalue weighted by atomic mass is 15.2. The number of hydrogen-bond donors (Lipinski definition) is 0. The molecule has 1 saturated heterocycles. The molecule has 1 saturated carbocycles. The number of unbranched alkanes of at least 4 members (excludes halogenated alkanes) is 2. The van der Waals surface area contributed by atoms with Gasteiger partial charge in [0.25, 0.3) is 0 Å². The Morgan fingerprint density at radius 1 is 0.700 bits per heavy atom. The van der Waals surface area contributed by atoms with Gasteiger partial charge in [-0.05, 0) is 63.5 Å². The van der Waals surface area contributed by atoms with Crippen LogP contribution in [0.25, 0.3) is 0 Å². The quantitative estimate of drug-likeness (QED) is 0.545. The largest absolute Gasteiger partial charge is 0.300 e. The minimum atomic E-state index is 0.944. The second-order valence-electron chi connectivity index (χ2n) is 7.44. The number of piperidine rings is 1. The third-order valence-electron chi connectivity index (χ3n) is 5.89. The highest BCUT2D eigenvalue weighted by molar-refractivity contribution is 4.83. The molecule has 0 atom stereocenters. The van der Waals surface area contributed by atoms with Crippen molar-refractivity contribution in [2.75, 3.05) is 13.1 Å². The molecule has 0 aromatic heterocycles. The van der Waals surface area contributed by atoms with Gasteiger partial charge in [-0.1, -0.05) is 52.4 Å². The van der Waals surface area contributed by atoms with E-state index in [1.807, 2.05) is 0 Å². The van der Waals surface area contributed by atoms with E-state index < -0.39 is 0 Å². The summed E-state index contributed by atoms with van der Waals surface area (Å²) >= 11 is 0. The highest BCUT2D eigenvalue weighted by Gasteiger charge is 2.28. The van der Waals surface area contributed by atoms with E-state index >= 15 is 0 Å². The summed E-state index contributed by atoms with van der Waals surface area (Å²) < 4.78 is 0. The van der Waals surface area contributed by atoms with Gasteiger partial charge < -0.3 is 4.90 Å². The van der Waals surface area contributed by atoms with Crippen LogP contribution in [0.3, 0.4) is 0 Å². The molecule has 20 heavy (non-hydrogen) atoms. The lowest BCUT2D eigenvalue weighted by Gasteiger charge is -2.41. The van der Waals surface area contributed by atoms with Gasteiger partial charge >= 0.3 is 0 Å². The number of rotatable bonds is 7. The normalized spacial score (nSPS) is 29.7. The van der Waals surface area contributed by atoms with Crippen molar-refractivity contribution in [2.45, 2.75) is 96.9 Å². The highest BCUT2D eigenvalue weighted by Crippen LogP contribution is 2.33. The van der Waals surface area contributed by atoms with Gasteiger partial charge in [0.2, 0.25) is 0 Å². The Labute approximate surface area is 127 Å². The summed E-state index contributed by atoms with van der Waals surface area (Å²) in [4.78, 5) is 2.85. The predicted octanol–water partition coefficient (Wildman–Crippen LogP) is 5.64. The molecule has 0 unspecified atom stereocenters. The van der Waals surface area contributed by atoms with Gasteiger partial charge in [0, 0.05) is 6.04 Å². The average molecular weight is 280 g/mol. The van der Waals surface area contributed by atoms with Crippen molar-refractivity contribution in [2.24, 2.45) is 11.8 Å². The van der Waals surface area contributed by atoms with E-state index in [4.69, 9.17) is 0 Å². The Bertz CT molecular complexity index is 234. The smallest absolute Gasteiger partial charge is 0.00954 e. The van der Waals surface area contributed by atoms with Gasteiger partial charge in [-0.15, -0.1) is 0 Å². The molecule has 0 amide bonds. The minimum absolute atomic E-state index is 0.944. The van der Waals surface area contributed by atoms with Crippen LogP contribution in [0.5, 0.6) is 0 Å². The third kappa shape index (κ3) is 5.06. The van der Waals surface area contributed by atoms with Crippen molar-refractivity contribution in [3.05, 3.63) is 0 Å². The molecule has 1 heteroatoms. The molecule has 0 bridgehead atoms. The fourth-order valence-corrected chi connectivity index (χ4v) is 4.50. The lowest BCUT2D eigenvalue weighted by atomic mass is 9.81. The lowest BCUT2D eigenvalue weighted by molar-refractivity contribution is 0.0904. The molecule has 2 fully saturated rings. The van der Waals surface area contributed by atoms with Crippen molar-refractivity contribution in [1.82, 2.24) is 4.90 Å². The molecular weight excluding hydrogens is 242 g/mol. The Morgan fingerprint density at radius 2 is 1.35 bits per heavy atom. The maximum atomic E-state index is 2.85. The summed E-state index contributed by atoms with van der Waals surface area (Å²) in [5.41, 5.74) is 0. The molecule has 118 valence electrons.